The fraction of sp³-hybridized carbons (Fsp3) is 0.900. The van der Waals surface area contributed by atoms with E-state index in [1.807, 2.05) is 11.8 Å². The highest BCUT2D eigenvalue weighted by molar-refractivity contribution is 14.1. The maximum absolute atomic E-state index is 11.6. The molecule has 1 N–H and O–H groups in total. The molecule has 1 unspecified atom stereocenters. The van der Waals surface area contributed by atoms with Gasteiger partial charge in [0.05, 0.1) is 0 Å². The molecule has 82 valence electrons. The lowest BCUT2D eigenvalue weighted by Gasteiger charge is -2.09. The van der Waals surface area contributed by atoms with Gasteiger partial charge in [-0.2, -0.15) is 11.8 Å². The minimum Gasteiger partial charge on any atom is -0.356 e. The van der Waals surface area contributed by atoms with E-state index in [0.29, 0.717) is 5.92 Å². The van der Waals surface area contributed by atoms with Gasteiger partial charge in [0.1, 0.15) is 0 Å². The molecule has 1 rings (SSSR count). The quantitative estimate of drug-likeness (QED) is 0.461. The first-order valence-corrected chi connectivity index (χ1v) is 7.94. The Morgan fingerprint density at radius 3 is 2.93 bits per heavy atom. The van der Waals surface area contributed by atoms with Crippen LogP contribution in [-0.2, 0) is 4.79 Å². The van der Waals surface area contributed by atoms with E-state index < -0.39 is 0 Å². The Hall–Kier alpha value is 0.550. The van der Waals surface area contributed by atoms with E-state index in [4.69, 9.17) is 0 Å². The van der Waals surface area contributed by atoms with Gasteiger partial charge in [0.2, 0.25) is 5.91 Å². The molecule has 0 bridgehead atoms. The zero-order valence-corrected chi connectivity index (χ0v) is 11.4. The number of thioether (sulfide) groups is 1. The van der Waals surface area contributed by atoms with Gasteiger partial charge in [-0.25, -0.2) is 0 Å². The van der Waals surface area contributed by atoms with Crippen LogP contribution in [0.5, 0.6) is 0 Å². The Kier molecular flexibility index (Phi) is 7.02. The molecule has 1 atom stereocenters. The summed E-state index contributed by atoms with van der Waals surface area (Å²) < 4.78 is 1.23. The van der Waals surface area contributed by atoms with E-state index in [0.717, 1.165) is 30.9 Å². The van der Waals surface area contributed by atoms with Crippen molar-refractivity contribution in [3.8, 4) is 0 Å². The molecule has 0 aromatic heterocycles. The molecule has 1 heterocycles. The molecular weight excluding hydrogens is 309 g/mol. The Balaban J connectivity index is 1.97. The van der Waals surface area contributed by atoms with E-state index in [9.17, 15) is 4.79 Å². The third-order valence-corrected chi connectivity index (χ3v) is 4.34. The first kappa shape index (κ1) is 12.6. The lowest BCUT2D eigenvalue weighted by Crippen LogP contribution is -2.31. The van der Waals surface area contributed by atoms with Gasteiger partial charge in [0, 0.05) is 18.2 Å². The second kappa shape index (κ2) is 7.79. The molecule has 1 fully saturated rings. The van der Waals surface area contributed by atoms with Crippen LogP contribution in [0.15, 0.2) is 0 Å². The molecule has 4 heteroatoms. The normalized spacial score (nSPS) is 21.1. The number of amides is 1. The first-order chi connectivity index (χ1) is 6.84. The summed E-state index contributed by atoms with van der Waals surface area (Å²) in [6, 6.07) is 0. The summed E-state index contributed by atoms with van der Waals surface area (Å²) in [6.07, 6.45) is 4.72. The van der Waals surface area contributed by atoms with Crippen molar-refractivity contribution < 1.29 is 4.79 Å². The van der Waals surface area contributed by atoms with Crippen molar-refractivity contribution >= 4 is 40.3 Å². The zero-order chi connectivity index (χ0) is 10.2. The molecule has 0 saturated carbocycles. The molecule has 2 nitrogen and oxygen atoms in total. The van der Waals surface area contributed by atoms with Crippen LogP contribution in [0.2, 0.25) is 0 Å². The summed E-state index contributed by atoms with van der Waals surface area (Å²) in [6.45, 7) is 0.872. The summed E-state index contributed by atoms with van der Waals surface area (Å²) in [5.74, 6) is 2.76. The Labute approximate surface area is 104 Å². The fourth-order valence-electron chi connectivity index (χ4n) is 1.49. The topological polar surface area (TPSA) is 29.1 Å². The molecule has 1 aliphatic rings. The Bertz CT molecular complexity index is 172. The van der Waals surface area contributed by atoms with Crippen molar-refractivity contribution in [2.75, 3.05) is 22.5 Å². The number of unbranched alkanes of at least 4 members (excludes halogenated alkanes) is 2. The fourth-order valence-corrected chi connectivity index (χ4v) is 3.25. The monoisotopic (exact) mass is 327 g/mol. The van der Waals surface area contributed by atoms with E-state index in [-0.39, 0.29) is 5.91 Å². The van der Waals surface area contributed by atoms with Gasteiger partial charge in [-0.15, -0.1) is 0 Å². The molecule has 0 spiro atoms. The van der Waals surface area contributed by atoms with Gasteiger partial charge in [-0.1, -0.05) is 29.0 Å². The van der Waals surface area contributed by atoms with Gasteiger partial charge in [0.25, 0.3) is 0 Å². The predicted molar refractivity (Wildman–Crippen MR) is 71.2 cm³/mol. The summed E-state index contributed by atoms with van der Waals surface area (Å²) in [5.41, 5.74) is 0. The molecule has 0 aromatic carbocycles. The van der Waals surface area contributed by atoms with E-state index >= 15 is 0 Å². The van der Waals surface area contributed by atoms with E-state index in [1.54, 1.807) is 0 Å². The zero-order valence-electron chi connectivity index (χ0n) is 8.43. The molecule has 1 amide bonds. The van der Waals surface area contributed by atoms with Gasteiger partial charge in [-0.3, -0.25) is 4.79 Å². The summed E-state index contributed by atoms with van der Waals surface area (Å²) in [7, 11) is 0. The van der Waals surface area contributed by atoms with Gasteiger partial charge < -0.3 is 5.32 Å². The number of rotatable bonds is 6. The number of carbonyl (C=O) groups is 1. The predicted octanol–water partition coefficient (Wildman–Crippen LogP) is 2.46. The largest absolute Gasteiger partial charge is 0.356 e. The Morgan fingerprint density at radius 1 is 1.43 bits per heavy atom. The van der Waals surface area contributed by atoms with Gasteiger partial charge in [-0.05, 0) is 29.4 Å². The first-order valence-electron chi connectivity index (χ1n) is 5.26. The van der Waals surface area contributed by atoms with E-state index in [2.05, 4.69) is 27.9 Å². The molecule has 0 aliphatic carbocycles. The van der Waals surface area contributed by atoms with Crippen LogP contribution in [0.4, 0.5) is 0 Å². The maximum Gasteiger partial charge on any atom is 0.223 e. The van der Waals surface area contributed by atoms with Crippen molar-refractivity contribution in [3.05, 3.63) is 0 Å². The van der Waals surface area contributed by atoms with Crippen molar-refractivity contribution in [1.82, 2.24) is 5.32 Å². The van der Waals surface area contributed by atoms with Gasteiger partial charge in [0.15, 0.2) is 0 Å². The van der Waals surface area contributed by atoms with Crippen molar-refractivity contribution in [2.45, 2.75) is 25.7 Å². The molecule has 14 heavy (non-hydrogen) atoms. The summed E-state index contributed by atoms with van der Waals surface area (Å²) >= 11 is 4.29. The van der Waals surface area contributed by atoms with E-state index in [1.165, 1.54) is 17.3 Å². The highest BCUT2D eigenvalue weighted by Crippen LogP contribution is 2.23. The SMILES string of the molecule is O=C(NCCCCCI)C1CCSC1. The number of carbonyl (C=O) groups excluding carboxylic acids is 1. The van der Waals surface area contributed by atoms with Crippen LogP contribution in [0.25, 0.3) is 0 Å². The van der Waals surface area contributed by atoms with Crippen LogP contribution in [0.3, 0.4) is 0 Å². The lowest BCUT2D eigenvalue weighted by atomic mass is 10.1. The van der Waals surface area contributed by atoms with Crippen LogP contribution in [0.1, 0.15) is 25.7 Å². The second-order valence-corrected chi connectivity index (χ2v) is 5.83. The van der Waals surface area contributed by atoms with Crippen LogP contribution in [-0.4, -0.2) is 28.4 Å². The highest BCUT2D eigenvalue weighted by Gasteiger charge is 2.22. The molecular formula is C10H18INOS. The molecule has 1 aliphatic heterocycles. The third kappa shape index (κ3) is 4.87. The summed E-state index contributed by atoms with van der Waals surface area (Å²) in [4.78, 5) is 11.6. The average Bonchev–Trinajstić information content (AvgIpc) is 2.70. The number of hydrogen-bond acceptors (Lipinski definition) is 2. The summed E-state index contributed by atoms with van der Waals surface area (Å²) in [5, 5.41) is 3.03. The number of alkyl halides is 1. The molecule has 1 saturated heterocycles. The minimum absolute atomic E-state index is 0.282. The minimum atomic E-state index is 0.282. The van der Waals surface area contributed by atoms with Crippen LogP contribution >= 0.6 is 34.4 Å². The van der Waals surface area contributed by atoms with Crippen molar-refractivity contribution in [2.24, 2.45) is 5.92 Å². The molecule has 0 aromatic rings. The molecule has 0 radical (unpaired) electrons. The highest BCUT2D eigenvalue weighted by atomic mass is 127. The van der Waals surface area contributed by atoms with Crippen molar-refractivity contribution in [1.29, 1.82) is 0 Å². The average molecular weight is 327 g/mol. The van der Waals surface area contributed by atoms with Crippen molar-refractivity contribution in [3.63, 3.8) is 0 Å². The lowest BCUT2D eigenvalue weighted by molar-refractivity contribution is -0.124. The van der Waals surface area contributed by atoms with Crippen LogP contribution in [0, 0.1) is 5.92 Å². The van der Waals surface area contributed by atoms with Crippen LogP contribution < -0.4 is 5.32 Å². The number of hydrogen-bond donors (Lipinski definition) is 1. The number of nitrogens with one attached hydrogen (secondary N) is 1. The third-order valence-electron chi connectivity index (χ3n) is 2.41. The second-order valence-electron chi connectivity index (χ2n) is 3.60. The standard InChI is InChI=1S/C10H18INOS/c11-5-2-1-3-6-12-10(13)9-4-7-14-8-9/h9H,1-8H2,(H,12,13). The number of halogens is 1. The Morgan fingerprint density at radius 2 is 2.29 bits per heavy atom. The smallest absolute Gasteiger partial charge is 0.223 e. The van der Waals surface area contributed by atoms with Gasteiger partial charge >= 0.3 is 0 Å². The maximum atomic E-state index is 11.6.